The number of amides is 4. The van der Waals surface area contributed by atoms with Gasteiger partial charge in [-0.1, -0.05) is 102 Å². The van der Waals surface area contributed by atoms with E-state index < -0.39 is 65.1 Å². The summed E-state index contributed by atoms with van der Waals surface area (Å²) in [4.78, 5) is 56.6. The Labute approximate surface area is 307 Å². The van der Waals surface area contributed by atoms with E-state index in [0.717, 1.165) is 27.9 Å². The predicted molar refractivity (Wildman–Crippen MR) is 200 cm³/mol. The number of aliphatic hydroxyl groups is 1. The standard InChI is InChI=1S/C40H55N5O7/c1-25-15-20-30(41-24-25)28-18-16-27(17-19-28)21-29(42-35(47)33(39(2,3)4)44-37(49)51-8)23-32(46)31(22-26-13-11-10-12-14-26)43-36(48)34(40(5,6)7)45-38(50)52-9/h10-20,24,29,31-34,46H,21-23H2,1-9H3,(H,42,47)(H,43,48)(H,44,49)(H,45,50). The molecule has 0 aliphatic rings. The van der Waals surface area contributed by atoms with Crippen LogP contribution in [-0.4, -0.2) is 78.6 Å². The number of hydrogen-bond donors (Lipinski definition) is 5. The minimum absolute atomic E-state index is 0.0461. The van der Waals surface area contributed by atoms with Crippen LogP contribution in [0.15, 0.2) is 72.9 Å². The van der Waals surface area contributed by atoms with Crippen molar-refractivity contribution in [3.63, 3.8) is 0 Å². The molecule has 3 aromatic rings. The van der Waals surface area contributed by atoms with E-state index in [9.17, 15) is 24.3 Å². The minimum atomic E-state index is -1.15. The Bertz CT molecular complexity index is 1620. The Morgan fingerprint density at radius 2 is 1.21 bits per heavy atom. The van der Waals surface area contributed by atoms with Gasteiger partial charge in [0.1, 0.15) is 12.1 Å². The highest BCUT2D eigenvalue weighted by atomic mass is 16.5. The van der Waals surface area contributed by atoms with Crippen LogP contribution in [0.3, 0.4) is 0 Å². The van der Waals surface area contributed by atoms with Gasteiger partial charge in [0.2, 0.25) is 11.8 Å². The second-order valence-electron chi connectivity index (χ2n) is 15.3. The highest BCUT2D eigenvalue weighted by molar-refractivity contribution is 5.87. The number of methoxy groups -OCH3 is 2. The molecule has 1 heterocycles. The van der Waals surface area contributed by atoms with Crippen LogP contribution in [0, 0.1) is 17.8 Å². The summed E-state index contributed by atoms with van der Waals surface area (Å²) in [6.45, 7) is 12.9. The number of aliphatic hydroxyl groups excluding tert-OH is 1. The van der Waals surface area contributed by atoms with Crippen molar-refractivity contribution in [3.8, 4) is 11.3 Å². The van der Waals surface area contributed by atoms with Crippen LogP contribution in [0.5, 0.6) is 0 Å². The molecule has 0 spiro atoms. The van der Waals surface area contributed by atoms with Crippen molar-refractivity contribution in [2.75, 3.05) is 14.2 Å². The molecule has 0 saturated carbocycles. The third-order valence-electron chi connectivity index (χ3n) is 8.76. The molecule has 0 saturated heterocycles. The third kappa shape index (κ3) is 12.7. The second kappa shape index (κ2) is 18.5. The van der Waals surface area contributed by atoms with E-state index in [2.05, 4.69) is 26.3 Å². The Morgan fingerprint density at radius 1 is 0.692 bits per heavy atom. The lowest BCUT2D eigenvalue weighted by Gasteiger charge is -2.34. The average Bonchev–Trinajstić information content (AvgIpc) is 3.08. The van der Waals surface area contributed by atoms with Gasteiger partial charge >= 0.3 is 12.2 Å². The van der Waals surface area contributed by atoms with Gasteiger partial charge in [0.05, 0.1) is 32.1 Å². The first kappa shape index (κ1) is 41.5. The third-order valence-corrected chi connectivity index (χ3v) is 8.76. The molecule has 3 rings (SSSR count). The van der Waals surface area contributed by atoms with Gasteiger partial charge in [-0.15, -0.1) is 0 Å². The fraction of sp³-hybridized carbons (Fsp3) is 0.475. The summed E-state index contributed by atoms with van der Waals surface area (Å²) in [6.07, 6.45) is -0.182. The molecule has 282 valence electrons. The highest BCUT2D eigenvalue weighted by Crippen LogP contribution is 2.24. The maximum Gasteiger partial charge on any atom is 0.407 e. The molecule has 0 fully saturated rings. The normalized spacial score (nSPS) is 14.5. The van der Waals surface area contributed by atoms with Crippen molar-refractivity contribution >= 4 is 24.0 Å². The molecule has 2 aromatic carbocycles. The molecule has 1 aromatic heterocycles. The summed E-state index contributed by atoms with van der Waals surface area (Å²) in [5, 5.41) is 23.2. The first-order valence-corrected chi connectivity index (χ1v) is 17.4. The average molecular weight is 718 g/mol. The molecule has 12 nitrogen and oxygen atoms in total. The van der Waals surface area contributed by atoms with Crippen LogP contribution in [0.4, 0.5) is 9.59 Å². The van der Waals surface area contributed by atoms with Crippen molar-refractivity contribution in [1.29, 1.82) is 0 Å². The molecule has 5 atom stereocenters. The van der Waals surface area contributed by atoms with Crippen molar-refractivity contribution in [1.82, 2.24) is 26.3 Å². The first-order valence-electron chi connectivity index (χ1n) is 17.4. The fourth-order valence-corrected chi connectivity index (χ4v) is 5.79. The van der Waals surface area contributed by atoms with E-state index in [1.165, 1.54) is 14.2 Å². The van der Waals surface area contributed by atoms with E-state index in [0.29, 0.717) is 6.42 Å². The molecule has 0 bridgehead atoms. The Balaban J connectivity index is 1.96. The van der Waals surface area contributed by atoms with Crippen molar-refractivity contribution in [2.24, 2.45) is 10.8 Å². The molecule has 5 N–H and O–H groups in total. The van der Waals surface area contributed by atoms with Crippen LogP contribution in [-0.2, 0) is 31.9 Å². The van der Waals surface area contributed by atoms with E-state index in [4.69, 9.17) is 9.47 Å². The van der Waals surface area contributed by atoms with Gasteiger partial charge < -0.3 is 35.8 Å². The van der Waals surface area contributed by atoms with Gasteiger partial charge in [0.25, 0.3) is 0 Å². The van der Waals surface area contributed by atoms with E-state index in [1.807, 2.05) is 121 Å². The first-order chi connectivity index (χ1) is 24.4. The molecule has 12 heteroatoms. The van der Waals surface area contributed by atoms with Crippen molar-refractivity contribution in [2.45, 2.75) is 98.0 Å². The number of carbonyl (C=O) groups excluding carboxylic acids is 4. The van der Waals surface area contributed by atoms with Gasteiger partial charge in [-0.05, 0) is 59.8 Å². The minimum Gasteiger partial charge on any atom is -0.453 e. The summed E-state index contributed by atoms with van der Waals surface area (Å²) < 4.78 is 9.57. The Kier molecular flexibility index (Phi) is 14.7. The summed E-state index contributed by atoms with van der Waals surface area (Å²) in [7, 11) is 2.45. The molecular weight excluding hydrogens is 662 g/mol. The number of hydrogen-bond acceptors (Lipinski definition) is 8. The van der Waals surface area contributed by atoms with Crippen molar-refractivity contribution < 1.29 is 33.8 Å². The summed E-state index contributed by atoms with van der Waals surface area (Å²) in [6, 6.07) is 17.8. The molecule has 5 unspecified atom stereocenters. The maximum absolute atomic E-state index is 13.9. The lowest BCUT2D eigenvalue weighted by atomic mass is 9.85. The van der Waals surface area contributed by atoms with Crippen LogP contribution in [0.25, 0.3) is 11.3 Å². The predicted octanol–water partition coefficient (Wildman–Crippen LogP) is 5.10. The lowest BCUT2D eigenvalue weighted by Crippen LogP contribution is -2.59. The molecule has 0 radical (unpaired) electrons. The highest BCUT2D eigenvalue weighted by Gasteiger charge is 2.37. The SMILES string of the molecule is COC(=O)NC(C(=O)NC(Cc1ccc(-c2ccc(C)cn2)cc1)CC(O)C(Cc1ccccc1)NC(=O)C(NC(=O)OC)C(C)(C)C)C(C)(C)C. The number of aryl methyl sites for hydroxylation is 1. The number of nitrogens with zero attached hydrogens (tertiary/aromatic N) is 1. The van der Waals surface area contributed by atoms with Crippen LogP contribution < -0.4 is 21.3 Å². The zero-order valence-corrected chi connectivity index (χ0v) is 31.8. The summed E-state index contributed by atoms with van der Waals surface area (Å²) >= 11 is 0. The van der Waals surface area contributed by atoms with Gasteiger partial charge in [0, 0.05) is 17.8 Å². The number of nitrogens with one attached hydrogen (secondary N) is 4. The fourth-order valence-electron chi connectivity index (χ4n) is 5.79. The van der Waals surface area contributed by atoms with Gasteiger partial charge in [-0.3, -0.25) is 14.6 Å². The topological polar surface area (TPSA) is 168 Å². The number of rotatable bonds is 14. The van der Waals surface area contributed by atoms with Crippen molar-refractivity contribution in [3.05, 3.63) is 89.6 Å². The zero-order chi connectivity index (χ0) is 38.6. The summed E-state index contributed by atoms with van der Waals surface area (Å²) in [5.74, 6) is -0.942. The number of aromatic nitrogens is 1. The number of carbonyl (C=O) groups is 4. The van der Waals surface area contributed by atoms with Crippen LogP contribution in [0.1, 0.15) is 64.7 Å². The Morgan fingerprint density at radius 3 is 1.69 bits per heavy atom. The lowest BCUT2D eigenvalue weighted by molar-refractivity contribution is -0.128. The number of ether oxygens (including phenoxy) is 2. The monoisotopic (exact) mass is 717 g/mol. The maximum atomic E-state index is 13.9. The van der Waals surface area contributed by atoms with Crippen LogP contribution >= 0.6 is 0 Å². The van der Waals surface area contributed by atoms with E-state index in [-0.39, 0.29) is 12.8 Å². The molecule has 52 heavy (non-hydrogen) atoms. The number of pyridine rings is 1. The molecule has 4 amide bonds. The second-order valence-corrected chi connectivity index (χ2v) is 15.3. The number of alkyl carbamates (subject to hydrolysis) is 2. The zero-order valence-electron chi connectivity index (χ0n) is 31.8. The van der Waals surface area contributed by atoms with E-state index in [1.54, 1.807) is 0 Å². The Hall–Kier alpha value is -4.97. The van der Waals surface area contributed by atoms with Gasteiger partial charge in [-0.2, -0.15) is 0 Å². The summed E-state index contributed by atoms with van der Waals surface area (Å²) in [5.41, 5.74) is 3.21. The smallest absolute Gasteiger partial charge is 0.407 e. The van der Waals surface area contributed by atoms with Crippen LogP contribution in [0.2, 0.25) is 0 Å². The largest absolute Gasteiger partial charge is 0.453 e. The molecular formula is C40H55N5O7. The quantitative estimate of drug-likeness (QED) is 0.154. The van der Waals surface area contributed by atoms with E-state index >= 15 is 0 Å². The van der Waals surface area contributed by atoms with Gasteiger partial charge in [0.15, 0.2) is 0 Å². The molecule has 0 aliphatic heterocycles. The van der Waals surface area contributed by atoms with Gasteiger partial charge in [-0.25, -0.2) is 9.59 Å². The number of benzene rings is 2. The molecule has 0 aliphatic carbocycles.